The van der Waals surface area contributed by atoms with Gasteiger partial charge in [0.25, 0.3) is 0 Å². The minimum atomic E-state index is -0.612. The smallest absolute Gasteiger partial charge is 0.162 e. The standard InChI is InChI=1S/C13H24O6/c1-13(2,18-5-3-14-7-11-9-16-11)19-6-4-15-8-12-10-17-12/h11-12H,3-10H2,1-2H3. The molecule has 2 fully saturated rings. The fourth-order valence-corrected chi connectivity index (χ4v) is 1.49. The highest BCUT2D eigenvalue weighted by molar-refractivity contribution is 4.67. The summed E-state index contributed by atoms with van der Waals surface area (Å²) in [5.41, 5.74) is 0. The number of rotatable bonds is 12. The fourth-order valence-electron chi connectivity index (χ4n) is 1.49. The molecule has 2 heterocycles. The highest BCUT2D eigenvalue weighted by Crippen LogP contribution is 2.12. The first-order valence-corrected chi connectivity index (χ1v) is 6.82. The molecule has 112 valence electrons. The van der Waals surface area contributed by atoms with Crippen LogP contribution in [0.25, 0.3) is 0 Å². The molecule has 0 aliphatic carbocycles. The summed E-state index contributed by atoms with van der Waals surface area (Å²) in [7, 11) is 0. The molecule has 6 heteroatoms. The molecule has 0 aromatic heterocycles. The van der Waals surface area contributed by atoms with Crippen molar-refractivity contribution in [3.05, 3.63) is 0 Å². The van der Waals surface area contributed by atoms with E-state index >= 15 is 0 Å². The molecule has 19 heavy (non-hydrogen) atoms. The van der Waals surface area contributed by atoms with Crippen LogP contribution in [-0.2, 0) is 28.4 Å². The predicted octanol–water partition coefficient (Wildman–Crippen LogP) is 0.587. The first-order chi connectivity index (χ1) is 9.16. The highest BCUT2D eigenvalue weighted by Gasteiger charge is 2.23. The molecule has 2 rings (SSSR count). The van der Waals surface area contributed by atoms with Crippen molar-refractivity contribution < 1.29 is 28.4 Å². The van der Waals surface area contributed by atoms with E-state index in [1.54, 1.807) is 0 Å². The zero-order valence-electron chi connectivity index (χ0n) is 11.8. The molecule has 0 saturated carbocycles. The largest absolute Gasteiger partial charge is 0.376 e. The summed E-state index contributed by atoms with van der Waals surface area (Å²) in [4.78, 5) is 0. The molecule has 2 aliphatic heterocycles. The van der Waals surface area contributed by atoms with Crippen molar-refractivity contribution in [3.63, 3.8) is 0 Å². The molecule has 2 unspecified atom stereocenters. The second-order valence-electron chi connectivity index (χ2n) is 5.16. The van der Waals surface area contributed by atoms with Crippen LogP contribution < -0.4 is 0 Å². The van der Waals surface area contributed by atoms with E-state index in [0.29, 0.717) is 51.8 Å². The summed E-state index contributed by atoms with van der Waals surface area (Å²) in [5, 5.41) is 0. The Labute approximate surface area is 114 Å². The van der Waals surface area contributed by atoms with Crippen molar-refractivity contribution >= 4 is 0 Å². The lowest BCUT2D eigenvalue weighted by atomic mass is 10.4. The van der Waals surface area contributed by atoms with Crippen LogP contribution in [-0.4, -0.2) is 70.9 Å². The van der Waals surface area contributed by atoms with Crippen LogP contribution in [0.3, 0.4) is 0 Å². The van der Waals surface area contributed by atoms with Crippen molar-refractivity contribution in [1.82, 2.24) is 0 Å². The summed E-state index contributed by atoms with van der Waals surface area (Å²) in [6.07, 6.45) is 0.605. The molecule has 2 atom stereocenters. The van der Waals surface area contributed by atoms with Crippen LogP contribution in [0.1, 0.15) is 13.8 Å². The summed E-state index contributed by atoms with van der Waals surface area (Å²) >= 11 is 0. The third kappa shape index (κ3) is 7.81. The van der Waals surface area contributed by atoms with E-state index in [1.807, 2.05) is 13.8 Å². The Bertz CT molecular complexity index is 226. The first kappa shape index (κ1) is 15.2. The summed E-state index contributed by atoms with van der Waals surface area (Å²) in [6.45, 7) is 8.87. The van der Waals surface area contributed by atoms with E-state index in [9.17, 15) is 0 Å². The van der Waals surface area contributed by atoms with Crippen molar-refractivity contribution in [3.8, 4) is 0 Å². The van der Waals surface area contributed by atoms with Crippen LogP contribution in [0.4, 0.5) is 0 Å². The first-order valence-electron chi connectivity index (χ1n) is 6.82. The summed E-state index contributed by atoms with van der Waals surface area (Å²) < 4.78 is 32.1. The topological polar surface area (TPSA) is 62.0 Å². The van der Waals surface area contributed by atoms with Crippen LogP contribution in [0.15, 0.2) is 0 Å². The van der Waals surface area contributed by atoms with Crippen LogP contribution in [0.5, 0.6) is 0 Å². The molecule has 0 N–H and O–H groups in total. The van der Waals surface area contributed by atoms with E-state index < -0.39 is 5.79 Å². The Morgan fingerprint density at radius 1 is 0.842 bits per heavy atom. The van der Waals surface area contributed by atoms with Gasteiger partial charge in [-0.05, 0) is 13.8 Å². The average molecular weight is 276 g/mol. The number of ether oxygens (including phenoxy) is 6. The van der Waals surface area contributed by atoms with Gasteiger partial charge in [-0.15, -0.1) is 0 Å². The maximum absolute atomic E-state index is 5.60. The fraction of sp³-hybridized carbons (Fsp3) is 1.00. The van der Waals surface area contributed by atoms with Crippen molar-refractivity contribution in [1.29, 1.82) is 0 Å². The van der Waals surface area contributed by atoms with E-state index in [1.165, 1.54) is 0 Å². The Hall–Kier alpha value is -0.240. The van der Waals surface area contributed by atoms with Gasteiger partial charge in [0.05, 0.1) is 52.9 Å². The maximum atomic E-state index is 5.60. The molecule has 0 spiro atoms. The maximum Gasteiger partial charge on any atom is 0.162 e. The molecule has 2 aliphatic rings. The molecule has 0 bridgehead atoms. The molecule has 0 aromatic carbocycles. The van der Waals surface area contributed by atoms with Gasteiger partial charge in [-0.25, -0.2) is 0 Å². The zero-order chi connectivity index (χ0) is 13.6. The van der Waals surface area contributed by atoms with Gasteiger partial charge in [-0.2, -0.15) is 0 Å². The van der Waals surface area contributed by atoms with Crippen molar-refractivity contribution in [2.45, 2.75) is 31.8 Å². The SMILES string of the molecule is CC(C)(OCCOCC1CO1)OCCOCC1CO1. The molecule has 0 amide bonds. The average Bonchev–Trinajstić information content (AvgIpc) is 3.23. The van der Waals surface area contributed by atoms with Gasteiger partial charge in [0.15, 0.2) is 5.79 Å². The molecule has 2 saturated heterocycles. The van der Waals surface area contributed by atoms with Gasteiger partial charge >= 0.3 is 0 Å². The van der Waals surface area contributed by atoms with Gasteiger partial charge in [0.2, 0.25) is 0 Å². The van der Waals surface area contributed by atoms with Gasteiger partial charge in [-0.3, -0.25) is 0 Å². The Balaban J connectivity index is 1.38. The molecule has 6 nitrogen and oxygen atoms in total. The second-order valence-corrected chi connectivity index (χ2v) is 5.16. The molecular formula is C13H24O6. The number of epoxide rings is 2. The lowest BCUT2D eigenvalue weighted by molar-refractivity contribution is -0.223. The van der Waals surface area contributed by atoms with Crippen molar-refractivity contribution in [2.24, 2.45) is 0 Å². The highest BCUT2D eigenvalue weighted by atomic mass is 16.7. The number of hydrogen-bond acceptors (Lipinski definition) is 6. The van der Waals surface area contributed by atoms with Crippen LogP contribution in [0.2, 0.25) is 0 Å². The van der Waals surface area contributed by atoms with Gasteiger partial charge in [0, 0.05) is 0 Å². The molecule has 0 radical (unpaired) electrons. The number of hydrogen-bond donors (Lipinski definition) is 0. The zero-order valence-corrected chi connectivity index (χ0v) is 11.8. The predicted molar refractivity (Wildman–Crippen MR) is 67.1 cm³/mol. The van der Waals surface area contributed by atoms with E-state index in [4.69, 9.17) is 28.4 Å². The third-order valence-electron chi connectivity index (χ3n) is 2.77. The van der Waals surface area contributed by atoms with Crippen molar-refractivity contribution in [2.75, 3.05) is 52.9 Å². The second kappa shape index (κ2) is 7.52. The lowest BCUT2D eigenvalue weighted by Gasteiger charge is -2.25. The normalized spacial score (nSPS) is 25.6. The van der Waals surface area contributed by atoms with Gasteiger partial charge < -0.3 is 28.4 Å². The molecule has 0 aromatic rings. The minimum absolute atomic E-state index is 0.303. The lowest BCUT2D eigenvalue weighted by Crippen LogP contribution is -2.31. The van der Waals surface area contributed by atoms with E-state index in [-0.39, 0.29) is 0 Å². The van der Waals surface area contributed by atoms with E-state index in [2.05, 4.69) is 0 Å². The Kier molecular flexibility index (Phi) is 6.00. The Morgan fingerprint density at radius 2 is 1.26 bits per heavy atom. The van der Waals surface area contributed by atoms with Crippen LogP contribution >= 0.6 is 0 Å². The summed E-state index contributed by atoms with van der Waals surface area (Å²) in [5.74, 6) is -0.612. The third-order valence-corrected chi connectivity index (χ3v) is 2.77. The van der Waals surface area contributed by atoms with E-state index in [0.717, 1.165) is 13.2 Å². The van der Waals surface area contributed by atoms with Gasteiger partial charge in [-0.1, -0.05) is 0 Å². The van der Waals surface area contributed by atoms with Gasteiger partial charge in [0.1, 0.15) is 12.2 Å². The molecular weight excluding hydrogens is 252 g/mol. The summed E-state index contributed by atoms with van der Waals surface area (Å²) in [6, 6.07) is 0. The monoisotopic (exact) mass is 276 g/mol. The van der Waals surface area contributed by atoms with Crippen LogP contribution in [0, 0.1) is 0 Å². The minimum Gasteiger partial charge on any atom is -0.376 e. The Morgan fingerprint density at radius 3 is 1.63 bits per heavy atom. The quantitative estimate of drug-likeness (QED) is 0.295.